The Morgan fingerprint density at radius 1 is 1.09 bits per heavy atom. The molecule has 0 spiro atoms. The maximum atomic E-state index is 13.2. The normalized spacial score (nSPS) is 11.9. The maximum Gasteiger partial charge on any atom is 0.261 e. The third-order valence-corrected chi connectivity index (χ3v) is 6.67. The van der Waals surface area contributed by atoms with E-state index in [1.165, 1.54) is 10.5 Å². The molecule has 180 valence electrons. The smallest absolute Gasteiger partial charge is 0.261 e. The summed E-state index contributed by atoms with van der Waals surface area (Å²) in [5.74, 6) is 0.436. The second kappa shape index (κ2) is 13.2. The van der Waals surface area contributed by atoms with Gasteiger partial charge in [0.25, 0.3) is 5.91 Å². The molecule has 2 amide bonds. The summed E-state index contributed by atoms with van der Waals surface area (Å²) in [5.41, 5.74) is 1.94. The van der Waals surface area contributed by atoms with Crippen molar-refractivity contribution in [3.8, 4) is 5.75 Å². The maximum absolute atomic E-state index is 13.2. The molecular formula is C25H31BrCl2N2O3. The highest BCUT2D eigenvalue weighted by atomic mass is 79.9. The van der Waals surface area contributed by atoms with E-state index >= 15 is 0 Å². The predicted molar refractivity (Wildman–Crippen MR) is 138 cm³/mol. The largest absolute Gasteiger partial charge is 0.483 e. The second-order valence-corrected chi connectivity index (χ2v) is 9.89. The minimum atomic E-state index is -0.681. The molecule has 0 aromatic heterocycles. The number of nitrogens with zero attached hydrogens (tertiary/aromatic N) is 1. The molecule has 0 fully saturated rings. The standard InChI is InChI=1S/C25H31BrCl2N2O3/c1-5-6-11-29-25(32)17(4)30(14-18-7-9-21(27)22(28)12-18)24(31)15-33-23-10-8-19(16(2)3)13-20(23)26/h7-10,12-13,16-17H,5-6,11,14-15H2,1-4H3,(H,29,32). The Kier molecular flexibility index (Phi) is 11.0. The van der Waals surface area contributed by atoms with Gasteiger partial charge in [-0.25, -0.2) is 0 Å². The molecule has 8 heteroatoms. The molecule has 0 radical (unpaired) electrons. The highest BCUT2D eigenvalue weighted by molar-refractivity contribution is 9.10. The van der Waals surface area contributed by atoms with E-state index in [1.807, 2.05) is 18.2 Å². The molecule has 5 nitrogen and oxygen atoms in total. The van der Waals surface area contributed by atoms with Crippen LogP contribution in [0.25, 0.3) is 0 Å². The Labute approximate surface area is 214 Å². The van der Waals surface area contributed by atoms with Crippen LogP contribution in [0, 0.1) is 0 Å². The molecule has 0 aliphatic rings. The zero-order valence-electron chi connectivity index (χ0n) is 19.5. The van der Waals surface area contributed by atoms with Gasteiger partial charge in [-0.3, -0.25) is 9.59 Å². The van der Waals surface area contributed by atoms with Crippen molar-refractivity contribution < 1.29 is 14.3 Å². The van der Waals surface area contributed by atoms with Crippen LogP contribution in [0.2, 0.25) is 10.0 Å². The second-order valence-electron chi connectivity index (χ2n) is 8.22. The third-order valence-electron chi connectivity index (χ3n) is 5.31. The minimum Gasteiger partial charge on any atom is -0.483 e. The SMILES string of the molecule is CCCCNC(=O)C(C)N(Cc1ccc(Cl)c(Cl)c1)C(=O)COc1ccc(C(C)C)cc1Br. The van der Waals surface area contributed by atoms with Crippen LogP contribution in [0.5, 0.6) is 5.75 Å². The molecule has 0 saturated heterocycles. The van der Waals surface area contributed by atoms with E-state index in [0.29, 0.717) is 28.3 Å². The molecule has 2 aromatic carbocycles. The first-order chi connectivity index (χ1) is 15.6. The number of ether oxygens (including phenoxy) is 1. The summed E-state index contributed by atoms with van der Waals surface area (Å²) in [4.78, 5) is 27.4. The number of amides is 2. The Morgan fingerprint density at radius 2 is 1.82 bits per heavy atom. The zero-order chi connectivity index (χ0) is 24.5. The third kappa shape index (κ3) is 8.20. The number of hydrogen-bond acceptors (Lipinski definition) is 3. The van der Waals surface area contributed by atoms with Crippen LogP contribution >= 0.6 is 39.1 Å². The Bertz CT molecular complexity index is 969. The Balaban J connectivity index is 2.17. The molecular weight excluding hydrogens is 527 g/mol. The fourth-order valence-corrected chi connectivity index (χ4v) is 4.00. The quantitative estimate of drug-likeness (QED) is 0.317. The van der Waals surface area contributed by atoms with Crippen LogP contribution in [0.3, 0.4) is 0 Å². The predicted octanol–water partition coefficient (Wildman–Crippen LogP) is 6.59. The molecule has 0 bridgehead atoms. The number of hydrogen-bond donors (Lipinski definition) is 1. The van der Waals surface area contributed by atoms with Crippen molar-refractivity contribution in [3.63, 3.8) is 0 Å². The van der Waals surface area contributed by atoms with Crippen molar-refractivity contribution in [2.45, 2.75) is 59.0 Å². The van der Waals surface area contributed by atoms with Crippen molar-refractivity contribution in [1.29, 1.82) is 0 Å². The molecule has 0 aliphatic heterocycles. The highest BCUT2D eigenvalue weighted by Gasteiger charge is 2.26. The molecule has 1 N–H and O–H groups in total. The number of halogens is 3. The first kappa shape index (κ1) is 27.5. The molecule has 2 aromatic rings. The van der Waals surface area contributed by atoms with Crippen LogP contribution in [-0.2, 0) is 16.1 Å². The summed E-state index contributed by atoms with van der Waals surface area (Å²) in [6.07, 6.45) is 1.85. The number of rotatable bonds is 11. The van der Waals surface area contributed by atoms with E-state index in [4.69, 9.17) is 27.9 Å². The van der Waals surface area contributed by atoms with E-state index in [-0.39, 0.29) is 25.0 Å². The average Bonchev–Trinajstić information content (AvgIpc) is 2.78. The molecule has 0 aliphatic carbocycles. The van der Waals surface area contributed by atoms with E-state index in [2.05, 4.69) is 42.0 Å². The Morgan fingerprint density at radius 3 is 2.42 bits per heavy atom. The molecule has 1 unspecified atom stereocenters. The van der Waals surface area contributed by atoms with Crippen molar-refractivity contribution in [3.05, 3.63) is 62.0 Å². The number of nitrogens with one attached hydrogen (secondary N) is 1. The number of carbonyl (C=O) groups is 2. The van der Waals surface area contributed by atoms with Gasteiger partial charge < -0.3 is 15.0 Å². The summed E-state index contributed by atoms with van der Waals surface area (Å²) < 4.78 is 6.59. The van der Waals surface area contributed by atoms with Crippen molar-refractivity contribution >= 4 is 50.9 Å². The number of unbranched alkanes of at least 4 members (excludes halogenated alkanes) is 1. The highest BCUT2D eigenvalue weighted by Crippen LogP contribution is 2.29. The van der Waals surface area contributed by atoms with Crippen LogP contribution in [0.1, 0.15) is 57.6 Å². The van der Waals surface area contributed by atoms with Gasteiger partial charge in [0, 0.05) is 13.1 Å². The lowest BCUT2D eigenvalue weighted by Gasteiger charge is -2.29. The van der Waals surface area contributed by atoms with Gasteiger partial charge in [0.15, 0.2) is 6.61 Å². The lowest BCUT2D eigenvalue weighted by molar-refractivity contribution is -0.142. The average molecular weight is 558 g/mol. The lowest BCUT2D eigenvalue weighted by Crippen LogP contribution is -2.49. The van der Waals surface area contributed by atoms with Gasteiger partial charge in [-0.2, -0.15) is 0 Å². The van der Waals surface area contributed by atoms with E-state index in [0.717, 1.165) is 22.9 Å². The fraction of sp³-hybridized carbons (Fsp3) is 0.440. The minimum absolute atomic E-state index is 0.201. The van der Waals surface area contributed by atoms with Crippen LogP contribution < -0.4 is 10.1 Å². The summed E-state index contributed by atoms with van der Waals surface area (Å²) in [6.45, 7) is 8.56. The molecule has 2 rings (SSSR count). The van der Waals surface area contributed by atoms with Crippen molar-refractivity contribution in [2.75, 3.05) is 13.2 Å². The zero-order valence-corrected chi connectivity index (χ0v) is 22.6. The molecule has 1 atom stereocenters. The first-order valence-electron chi connectivity index (χ1n) is 11.1. The van der Waals surface area contributed by atoms with E-state index in [1.54, 1.807) is 25.1 Å². The van der Waals surface area contributed by atoms with E-state index < -0.39 is 6.04 Å². The van der Waals surface area contributed by atoms with E-state index in [9.17, 15) is 9.59 Å². The first-order valence-corrected chi connectivity index (χ1v) is 12.6. The van der Waals surface area contributed by atoms with Crippen LogP contribution in [-0.4, -0.2) is 35.9 Å². The van der Waals surface area contributed by atoms with Crippen molar-refractivity contribution in [1.82, 2.24) is 10.2 Å². The van der Waals surface area contributed by atoms with Gasteiger partial charge in [0.1, 0.15) is 11.8 Å². The lowest BCUT2D eigenvalue weighted by atomic mass is 10.0. The summed E-state index contributed by atoms with van der Waals surface area (Å²) >= 11 is 15.7. The number of carbonyl (C=O) groups excluding carboxylic acids is 2. The monoisotopic (exact) mass is 556 g/mol. The Hall–Kier alpha value is -1.76. The van der Waals surface area contributed by atoms with Gasteiger partial charge in [-0.05, 0) is 70.6 Å². The molecule has 0 heterocycles. The van der Waals surface area contributed by atoms with Gasteiger partial charge in [0.05, 0.1) is 14.5 Å². The van der Waals surface area contributed by atoms with Crippen LogP contribution in [0.4, 0.5) is 0 Å². The molecule has 0 saturated carbocycles. The van der Waals surface area contributed by atoms with Gasteiger partial charge in [-0.15, -0.1) is 0 Å². The van der Waals surface area contributed by atoms with Gasteiger partial charge in [0.2, 0.25) is 5.91 Å². The topological polar surface area (TPSA) is 58.6 Å². The van der Waals surface area contributed by atoms with Gasteiger partial charge in [-0.1, -0.05) is 62.5 Å². The molecule has 33 heavy (non-hydrogen) atoms. The van der Waals surface area contributed by atoms with Crippen molar-refractivity contribution in [2.24, 2.45) is 0 Å². The van der Waals surface area contributed by atoms with Crippen LogP contribution in [0.15, 0.2) is 40.9 Å². The summed E-state index contributed by atoms with van der Waals surface area (Å²) in [7, 11) is 0. The van der Waals surface area contributed by atoms with Gasteiger partial charge >= 0.3 is 0 Å². The summed E-state index contributed by atoms with van der Waals surface area (Å²) in [6, 6.07) is 10.3. The fourth-order valence-electron chi connectivity index (χ4n) is 3.17. The summed E-state index contributed by atoms with van der Waals surface area (Å²) in [5, 5.41) is 3.72. The number of benzene rings is 2.